The van der Waals surface area contributed by atoms with Gasteiger partial charge in [0.15, 0.2) is 0 Å². The summed E-state index contributed by atoms with van der Waals surface area (Å²) in [6.45, 7) is 5.74. The number of ether oxygens (including phenoxy) is 1. The number of nitro groups is 1. The van der Waals surface area contributed by atoms with Crippen molar-refractivity contribution < 1.29 is 19.8 Å². The van der Waals surface area contributed by atoms with Crippen LogP contribution in [0.1, 0.15) is 37.0 Å². The third-order valence-corrected chi connectivity index (χ3v) is 4.39. The molecule has 1 aliphatic heterocycles. The van der Waals surface area contributed by atoms with Crippen molar-refractivity contribution in [1.82, 2.24) is 0 Å². The SMILES string of the molecule is CC(C)(OC(=O)c1ccc(Cl)cc1[N+](=O)[O-])C1CC[NH2+]CC1. The van der Waals surface area contributed by atoms with Gasteiger partial charge in [-0.1, -0.05) is 11.6 Å². The van der Waals surface area contributed by atoms with Gasteiger partial charge in [-0.3, -0.25) is 10.1 Å². The standard InChI is InChI=1S/C15H19ClN2O4/c1-15(2,10-5-7-17-8-6-10)22-14(19)12-4-3-11(16)9-13(12)18(20)21/h3-4,9-10,17H,5-8H2,1-2H3/p+1. The van der Waals surface area contributed by atoms with Crippen LogP contribution in [0, 0.1) is 16.0 Å². The van der Waals surface area contributed by atoms with Crippen molar-refractivity contribution in [2.24, 2.45) is 5.92 Å². The van der Waals surface area contributed by atoms with Gasteiger partial charge in [0.25, 0.3) is 5.69 Å². The highest BCUT2D eigenvalue weighted by atomic mass is 35.5. The molecule has 0 aromatic heterocycles. The van der Waals surface area contributed by atoms with Crippen molar-refractivity contribution in [2.75, 3.05) is 13.1 Å². The second-order valence-corrected chi connectivity index (χ2v) is 6.49. The molecule has 0 atom stereocenters. The van der Waals surface area contributed by atoms with E-state index in [0.29, 0.717) is 0 Å². The lowest BCUT2D eigenvalue weighted by Gasteiger charge is -2.35. The van der Waals surface area contributed by atoms with Gasteiger partial charge in [0.1, 0.15) is 11.2 Å². The lowest BCUT2D eigenvalue weighted by atomic mass is 9.83. The molecule has 1 heterocycles. The Bertz CT molecular complexity index is 583. The number of halogens is 1. The first-order valence-electron chi connectivity index (χ1n) is 7.30. The van der Waals surface area contributed by atoms with Gasteiger partial charge in [0.05, 0.1) is 18.0 Å². The molecule has 1 aliphatic rings. The zero-order valence-electron chi connectivity index (χ0n) is 12.7. The van der Waals surface area contributed by atoms with Crippen LogP contribution in [-0.2, 0) is 4.74 Å². The van der Waals surface area contributed by atoms with Crippen molar-refractivity contribution in [1.29, 1.82) is 0 Å². The molecule has 2 N–H and O–H groups in total. The summed E-state index contributed by atoms with van der Waals surface area (Å²) in [5.74, 6) is -0.421. The number of piperidine rings is 1. The number of nitrogens with zero attached hydrogens (tertiary/aromatic N) is 1. The van der Waals surface area contributed by atoms with E-state index in [-0.39, 0.29) is 22.2 Å². The molecule has 0 radical (unpaired) electrons. The Morgan fingerprint density at radius 1 is 1.41 bits per heavy atom. The van der Waals surface area contributed by atoms with E-state index in [1.807, 2.05) is 13.8 Å². The van der Waals surface area contributed by atoms with Crippen molar-refractivity contribution in [3.8, 4) is 0 Å². The second-order valence-electron chi connectivity index (χ2n) is 6.05. The average molecular weight is 328 g/mol. The van der Waals surface area contributed by atoms with Crippen LogP contribution >= 0.6 is 11.6 Å². The largest absolute Gasteiger partial charge is 0.456 e. The third-order valence-electron chi connectivity index (χ3n) is 4.15. The van der Waals surface area contributed by atoms with Crippen molar-refractivity contribution in [2.45, 2.75) is 32.3 Å². The Labute approximate surface area is 133 Å². The minimum absolute atomic E-state index is 0.0650. The molecule has 0 amide bonds. The number of nitro benzene ring substituents is 1. The lowest BCUT2D eigenvalue weighted by molar-refractivity contribution is -0.665. The molecule has 2 rings (SSSR count). The molecule has 1 aromatic rings. The molecular weight excluding hydrogens is 308 g/mol. The molecule has 1 aromatic carbocycles. The first kappa shape index (κ1) is 16.7. The fraction of sp³-hybridized carbons (Fsp3) is 0.533. The average Bonchev–Trinajstić information content (AvgIpc) is 2.47. The smallest absolute Gasteiger partial charge is 0.345 e. The summed E-state index contributed by atoms with van der Waals surface area (Å²) < 4.78 is 5.59. The van der Waals surface area contributed by atoms with Gasteiger partial charge in [-0.2, -0.15) is 0 Å². The molecule has 0 aliphatic carbocycles. The minimum atomic E-state index is -0.678. The van der Waals surface area contributed by atoms with Gasteiger partial charge in [0, 0.05) is 29.8 Å². The normalized spacial score (nSPS) is 16.3. The van der Waals surface area contributed by atoms with Crippen LogP contribution in [0.15, 0.2) is 18.2 Å². The Morgan fingerprint density at radius 3 is 2.64 bits per heavy atom. The lowest BCUT2D eigenvalue weighted by Crippen LogP contribution is -2.86. The van der Waals surface area contributed by atoms with Crippen molar-refractivity contribution >= 4 is 23.3 Å². The van der Waals surface area contributed by atoms with Gasteiger partial charge in [-0.05, 0) is 26.0 Å². The van der Waals surface area contributed by atoms with Crippen molar-refractivity contribution in [3.63, 3.8) is 0 Å². The second kappa shape index (κ2) is 6.62. The monoisotopic (exact) mass is 327 g/mol. The number of hydrogen-bond donors (Lipinski definition) is 1. The van der Waals surface area contributed by atoms with E-state index in [1.54, 1.807) is 0 Å². The van der Waals surface area contributed by atoms with Crippen LogP contribution in [0.25, 0.3) is 0 Å². The van der Waals surface area contributed by atoms with Crippen LogP contribution in [0.5, 0.6) is 0 Å². The van der Waals surface area contributed by atoms with Crippen LogP contribution < -0.4 is 5.32 Å². The molecule has 6 nitrogen and oxygen atoms in total. The topological polar surface area (TPSA) is 86.0 Å². The van der Waals surface area contributed by atoms with Crippen LogP contribution in [0.3, 0.4) is 0 Å². The van der Waals surface area contributed by atoms with E-state index in [2.05, 4.69) is 5.32 Å². The zero-order valence-corrected chi connectivity index (χ0v) is 13.4. The molecule has 1 saturated heterocycles. The fourth-order valence-electron chi connectivity index (χ4n) is 2.83. The number of quaternary nitrogens is 1. The van der Waals surface area contributed by atoms with Gasteiger partial charge < -0.3 is 10.1 Å². The number of hydrogen-bond acceptors (Lipinski definition) is 4. The first-order chi connectivity index (χ1) is 10.3. The Balaban J connectivity index is 2.19. The van der Waals surface area contributed by atoms with Crippen molar-refractivity contribution in [3.05, 3.63) is 38.9 Å². The molecular formula is C15H20ClN2O4+. The molecule has 7 heteroatoms. The van der Waals surface area contributed by atoms with Gasteiger partial charge in [0.2, 0.25) is 0 Å². The number of carbonyl (C=O) groups excluding carboxylic acids is 1. The van der Waals surface area contributed by atoms with E-state index in [4.69, 9.17) is 16.3 Å². The van der Waals surface area contributed by atoms with Crippen LogP contribution in [0.4, 0.5) is 5.69 Å². The number of nitrogens with two attached hydrogens (primary N) is 1. The summed E-state index contributed by atoms with van der Waals surface area (Å²) in [6, 6.07) is 3.96. The number of benzene rings is 1. The molecule has 120 valence electrons. The maximum Gasteiger partial charge on any atom is 0.345 e. The molecule has 0 unspecified atom stereocenters. The van der Waals surface area contributed by atoms with E-state index in [1.165, 1.54) is 18.2 Å². The molecule has 0 spiro atoms. The maximum atomic E-state index is 12.4. The molecule has 0 bridgehead atoms. The summed E-state index contributed by atoms with van der Waals surface area (Å²) in [5.41, 5.74) is -1.05. The molecule has 0 saturated carbocycles. The van der Waals surface area contributed by atoms with E-state index < -0.39 is 16.5 Å². The zero-order chi connectivity index (χ0) is 16.3. The molecule has 1 fully saturated rings. The molecule has 22 heavy (non-hydrogen) atoms. The summed E-state index contributed by atoms with van der Waals surface area (Å²) in [4.78, 5) is 22.8. The third kappa shape index (κ3) is 3.75. The van der Waals surface area contributed by atoms with Gasteiger partial charge >= 0.3 is 5.97 Å². The number of carbonyl (C=O) groups is 1. The first-order valence-corrected chi connectivity index (χ1v) is 7.68. The quantitative estimate of drug-likeness (QED) is 0.521. The van der Waals surface area contributed by atoms with Crippen LogP contribution in [0.2, 0.25) is 5.02 Å². The summed E-state index contributed by atoms with van der Waals surface area (Å²) in [6.07, 6.45) is 1.92. The Kier molecular flexibility index (Phi) is 5.03. The van der Waals surface area contributed by atoms with E-state index >= 15 is 0 Å². The Morgan fingerprint density at radius 2 is 2.05 bits per heavy atom. The fourth-order valence-corrected chi connectivity index (χ4v) is 2.99. The Hall–Kier alpha value is -1.66. The van der Waals surface area contributed by atoms with E-state index in [9.17, 15) is 14.9 Å². The summed E-state index contributed by atoms with van der Waals surface area (Å²) in [5, 5.41) is 13.5. The highest BCUT2D eigenvalue weighted by Crippen LogP contribution is 2.31. The highest BCUT2D eigenvalue weighted by molar-refractivity contribution is 6.31. The summed E-state index contributed by atoms with van der Waals surface area (Å²) in [7, 11) is 0. The van der Waals surface area contributed by atoms with Gasteiger partial charge in [-0.15, -0.1) is 0 Å². The van der Waals surface area contributed by atoms with Gasteiger partial charge in [-0.25, -0.2) is 4.79 Å². The van der Waals surface area contributed by atoms with Crippen LogP contribution in [-0.4, -0.2) is 29.6 Å². The maximum absolute atomic E-state index is 12.4. The minimum Gasteiger partial charge on any atom is -0.456 e. The highest BCUT2D eigenvalue weighted by Gasteiger charge is 2.36. The number of esters is 1. The predicted molar refractivity (Wildman–Crippen MR) is 82.0 cm³/mol. The van der Waals surface area contributed by atoms with E-state index in [0.717, 1.165) is 25.9 Å². The summed E-state index contributed by atoms with van der Waals surface area (Å²) >= 11 is 5.76. The predicted octanol–water partition coefficient (Wildman–Crippen LogP) is 2.16. The number of rotatable bonds is 4.